The van der Waals surface area contributed by atoms with E-state index < -0.39 is 0 Å². The highest BCUT2D eigenvalue weighted by atomic mass is 14.0. The highest BCUT2D eigenvalue weighted by molar-refractivity contribution is 5.91. The van der Waals surface area contributed by atoms with E-state index in [0.29, 0.717) is 0 Å². The van der Waals surface area contributed by atoms with Crippen LogP contribution in [0.3, 0.4) is 0 Å². The number of hydrogen-bond donors (Lipinski definition) is 0. The van der Waals surface area contributed by atoms with Crippen molar-refractivity contribution in [3.63, 3.8) is 0 Å². The molecule has 0 heteroatoms. The second-order valence-electron chi connectivity index (χ2n) is 3.10. The van der Waals surface area contributed by atoms with Gasteiger partial charge in [0.25, 0.3) is 0 Å². The Morgan fingerprint density at radius 1 is 1.14 bits per heavy atom. The number of fused-ring (bicyclic) bond motifs is 1. The Hall–Kier alpha value is -2.00. The summed E-state index contributed by atoms with van der Waals surface area (Å²) in [6.07, 6.45) is 7.29. The van der Waals surface area contributed by atoms with Crippen LogP contribution >= 0.6 is 0 Å². The van der Waals surface area contributed by atoms with Gasteiger partial charge in [-0.2, -0.15) is 0 Å². The summed E-state index contributed by atoms with van der Waals surface area (Å²) in [4.78, 5) is 0. The van der Waals surface area contributed by atoms with E-state index in [1.54, 1.807) is 6.08 Å². The maximum Gasteiger partial charge on any atom is 0.0393 e. The van der Waals surface area contributed by atoms with Crippen molar-refractivity contribution in [3.05, 3.63) is 54.1 Å². The minimum absolute atomic E-state index is 0.929. The van der Waals surface area contributed by atoms with Crippen molar-refractivity contribution in [2.24, 2.45) is 0 Å². The third-order valence-corrected chi connectivity index (χ3v) is 2.33. The van der Waals surface area contributed by atoms with Crippen LogP contribution in [-0.4, -0.2) is 0 Å². The molecule has 0 nitrogen and oxygen atoms in total. The fourth-order valence-electron chi connectivity index (χ4n) is 1.62. The van der Waals surface area contributed by atoms with Crippen LogP contribution in [0, 0.1) is 12.3 Å². The first kappa shape index (κ1) is 8.59. The molecule has 0 amide bonds. The third-order valence-electron chi connectivity index (χ3n) is 2.33. The Labute approximate surface area is 83.9 Å². The van der Waals surface area contributed by atoms with Crippen LogP contribution < -0.4 is 0 Å². The summed E-state index contributed by atoms with van der Waals surface area (Å²) < 4.78 is 0. The van der Waals surface area contributed by atoms with Gasteiger partial charge < -0.3 is 0 Å². The molecule has 0 radical (unpaired) electrons. The summed E-state index contributed by atoms with van der Waals surface area (Å²) in [7, 11) is 0. The molecule has 14 heavy (non-hydrogen) atoms. The Kier molecular flexibility index (Phi) is 2.08. The lowest BCUT2D eigenvalue weighted by Gasteiger charge is -2.04. The molecule has 0 fully saturated rings. The average Bonchev–Trinajstić information content (AvgIpc) is 2.27. The normalized spacial score (nSPS) is 9.64. The smallest absolute Gasteiger partial charge is 0.0393 e. The van der Waals surface area contributed by atoms with Gasteiger partial charge in [-0.1, -0.05) is 55.0 Å². The number of rotatable bonds is 1. The first-order valence-corrected chi connectivity index (χ1v) is 4.47. The molecule has 0 atom stereocenters. The molecule has 0 bridgehead atoms. The molecule has 0 unspecified atom stereocenters. The summed E-state index contributed by atoms with van der Waals surface area (Å²) >= 11 is 0. The van der Waals surface area contributed by atoms with Crippen LogP contribution in [-0.2, 0) is 0 Å². The van der Waals surface area contributed by atoms with Crippen LogP contribution in [0.4, 0.5) is 0 Å². The lowest BCUT2D eigenvalue weighted by molar-refractivity contribution is 1.66. The van der Waals surface area contributed by atoms with Gasteiger partial charge in [-0.15, -0.1) is 6.42 Å². The maximum atomic E-state index is 5.49. The molecule has 0 saturated heterocycles. The van der Waals surface area contributed by atoms with Crippen LogP contribution in [0.1, 0.15) is 11.1 Å². The Bertz CT molecular complexity index is 527. The first-order valence-electron chi connectivity index (χ1n) is 4.47. The SMILES string of the molecule is C#Cc1c(C=C)ccc2ccccc12. The summed E-state index contributed by atoms with van der Waals surface area (Å²) in [5.74, 6) is 2.72. The Balaban J connectivity index is 2.92. The van der Waals surface area contributed by atoms with Gasteiger partial charge in [0.2, 0.25) is 0 Å². The van der Waals surface area contributed by atoms with E-state index in [0.717, 1.165) is 16.5 Å². The fourth-order valence-corrected chi connectivity index (χ4v) is 1.62. The maximum absolute atomic E-state index is 5.49. The van der Waals surface area contributed by atoms with Gasteiger partial charge in [0.05, 0.1) is 0 Å². The van der Waals surface area contributed by atoms with Gasteiger partial charge in [-0.25, -0.2) is 0 Å². The zero-order valence-corrected chi connectivity index (χ0v) is 7.83. The monoisotopic (exact) mass is 178 g/mol. The van der Waals surface area contributed by atoms with Crippen LogP contribution in [0.25, 0.3) is 16.8 Å². The van der Waals surface area contributed by atoms with E-state index in [4.69, 9.17) is 6.42 Å². The standard InChI is InChI=1S/C14H10/c1-3-11-9-10-12-7-5-6-8-14(12)13(11)4-2/h2-3,5-10H,1H2. The molecule has 0 saturated carbocycles. The largest absolute Gasteiger partial charge is 0.115 e. The molecular formula is C14H10. The van der Waals surface area contributed by atoms with E-state index >= 15 is 0 Å². The van der Waals surface area contributed by atoms with Gasteiger partial charge in [0.1, 0.15) is 0 Å². The molecule has 66 valence electrons. The average molecular weight is 178 g/mol. The molecule has 0 aliphatic rings. The van der Waals surface area contributed by atoms with Crippen LogP contribution in [0.5, 0.6) is 0 Å². The topological polar surface area (TPSA) is 0 Å². The fraction of sp³-hybridized carbons (Fsp3) is 0. The summed E-state index contributed by atoms with van der Waals surface area (Å²) in [6, 6.07) is 12.2. The molecule has 0 aliphatic heterocycles. The van der Waals surface area contributed by atoms with Crippen molar-refractivity contribution in [1.29, 1.82) is 0 Å². The third kappa shape index (κ3) is 1.20. The minimum atomic E-state index is 0.929. The number of benzene rings is 2. The molecule has 2 aromatic carbocycles. The van der Waals surface area contributed by atoms with E-state index in [9.17, 15) is 0 Å². The molecule has 0 aliphatic carbocycles. The molecule has 0 heterocycles. The second-order valence-corrected chi connectivity index (χ2v) is 3.10. The van der Waals surface area contributed by atoms with Crippen molar-refractivity contribution >= 4 is 16.8 Å². The predicted molar refractivity (Wildman–Crippen MR) is 62.0 cm³/mol. The van der Waals surface area contributed by atoms with Crippen molar-refractivity contribution < 1.29 is 0 Å². The van der Waals surface area contributed by atoms with Crippen LogP contribution in [0.15, 0.2) is 43.0 Å². The van der Waals surface area contributed by atoms with E-state index in [-0.39, 0.29) is 0 Å². The van der Waals surface area contributed by atoms with Gasteiger partial charge in [0, 0.05) is 5.56 Å². The lowest BCUT2D eigenvalue weighted by Crippen LogP contribution is -1.84. The minimum Gasteiger partial charge on any atom is -0.115 e. The predicted octanol–water partition coefficient (Wildman–Crippen LogP) is 3.46. The molecular weight excluding hydrogens is 168 g/mol. The Morgan fingerprint density at radius 3 is 2.64 bits per heavy atom. The summed E-state index contributed by atoms with van der Waals surface area (Å²) in [5, 5.41) is 2.29. The molecule has 0 aromatic heterocycles. The van der Waals surface area contributed by atoms with Crippen molar-refractivity contribution in [3.8, 4) is 12.3 Å². The number of hydrogen-bond acceptors (Lipinski definition) is 0. The second kappa shape index (κ2) is 3.40. The zero-order chi connectivity index (χ0) is 9.97. The highest BCUT2D eigenvalue weighted by Crippen LogP contribution is 2.22. The highest BCUT2D eigenvalue weighted by Gasteiger charge is 2.01. The van der Waals surface area contributed by atoms with Crippen molar-refractivity contribution in [1.82, 2.24) is 0 Å². The quantitative estimate of drug-likeness (QED) is 0.586. The molecule has 0 N–H and O–H groups in total. The number of terminal acetylenes is 1. The van der Waals surface area contributed by atoms with Crippen LogP contribution in [0.2, 0.25) is 0 Å². The summed E-state index contributed by atoms with van der Waals surface area (Å²) in [6.45, 7) is 3.75. The van der Waals surface area contributed by atoms with Gasteiger partial charge in [-0.05, 0) is 16.3 Å². The Morgan fingerprint density at radius 2 is 1.93 bits per heavy atom. The van der Waals surface area contributed by atoms with Crippen molar-refractivity contribution in [2.45, 2.75) is 0 Å². The van der Waals surface area contributed by atoms with E-state index in [1.165, 1.54) is 5.39 Å². The molecule has 0 spiro atoms. The first-order chi connectivity index (χ1) is 6.86. The van der Waals surface area contributed by atoms with Gasteiger partial charge in [-0.3, -0.25) is 0 Å². The summed E-state index contributed by atoms with van der Waals surface area (Å²) in [5.41, 5.74) is 1.95. The van der Waals surface area contributed by atoms with Crippen molar-refractivity contribution in [2.75, 3.05) is 0 Å². The van der Waals surface area contributed by atoms with Gasteiger partial charge >= 0.3 is 0 Å². The molecule has 2 rings (SSSR count). The molecule has 2 aromatic rings. The zero-order valence-electron chi connectivity index (χ0n) is 7.83. The van der Waals surface area contributed by atoms with E-state index in [2.05, 4.69) is 24.6 Å². The lowest BCUT2D eigenvalue weighted by atomic mass is 9.99. The van der Waals surface area contributed by atoms with Gasteiger partial charge in [0.15, 0.2) is 0 Å². The van der Waals surface area contributed by atoms with E-state index in [1.807, 2.05) is 24.3 Å².